The van der Waals surface area contributed by atoms with E-state index in [9.17, 15) is 9.59 Å². The van der Waals surface area contributed by atoms with Crippen molar-refractivity contribution in [1.82, 2.24) is 9.78 Å². The lowest BCUT2D eigenvalue weighted by molar-refractivity contribution is 0.0607. The van der Waals surface area contributed by atoms with Crippen LogP contribution in [0.4, 0.5) is 5.69 Å². The predicted molar refractivity (Wildman–Crippen MR) is 93.8 cm³/mol. The van der Waals surface area contributed by atoms with Gasteiger partial charge in [-0.3, -0.25) is 9.48 Å². The SMILES string of the molecule is CCn1nc(C)cc1C(=O)Nc1c(C(=O)OC)sc2ccccc12. The van der Waals surface area contributed by atoms with E-state index < -0.39 is 5.97 Å². The Kier molecular flexibility index (Phi) is 4.35. The molecule has 0 aliphatic heterocycles. The molecule has 0 atom stereocenters. The molecule has 124 valence electrons. The third kappa shape index (κ3) is 2.78. The number of aromatic nitrogens is 2. The first kappa shape index (κ1) is 16.2. The molecule has 0 radical (unpaired) electrons. The molecule has 0 spiro atoms. The van der Waals surface area contributed by atoms with Crippen molar-refractivity contribution in [3.05, 3.63) is 46.6 Å². The molecule has 1 amide bonds. The van der Waals surface area contributed by atoms with Crippen LogP contribution < -0.4 is 5.32 Å². The number of rotatable bonds is 4. The van der Waals surface area contributed by atoms with Crippen molar-refractivity contribution in [2.75, 3.05) is 12.4 Å². The summed E-state index contributed by atoms with van der Waals surface area (Å²) in [5.41, 5.74) is 1.71. The topological polar surface area (TPSA) is 73.2 Å². The molecule has 0 fully saturated rings. The molecule has 0 saturated carbocycles. The van der Waals surface area contributed by atoms with E-state index in [4.69, 9.17) is 4.74 Å². The highest BCUT2D eigenvalue weighted by atomic mass is 32.1. The number of nitrogens with one attached hydrogen (secondary N) is 1. The maximum atomic E-state index is 12.7. The van der Waals surface area contributed by atoms with E-state index in [1.165, 1.54) is 18.4 Å². The molecule has 6 nitrogen and oxygen atoms in total. The molecule has 0 bridgehead atoms. The van der Waals surface area contributed by atoms with E-state index in [-0.39, 0.29) is 5.91 Å². The summed E-state index contributed by atoms with van der Waals surface area (Å²) in [5.74, 6) is -0.766. The molecule has 3 aromatic rings. The first-order valence-corrected chi connectivity index (χ1v) is 8.32. The van der Waals surface area contributed by atoms with Crippen molar-refractivity contribution >= 4 is 39.0 Å². The lowest BCUT2D eigenvalue weighted by Crippen LogP contribution is -2.18. The molecule has 0 saturated heterocycles. The van der Waals surface area contributed by atoms with Gasteiger partial charge in [0.15, 0.2) is 0 Å². The zero-order valence-corrected chi connectivity index (χ0v) is 14.4. The predicted octanol–water partition coefficient (Wildman–Crippen LogP) is 3.47. The fourth-order valence-corrected chi connectivity index (χ4v) is 3.63. The lowest BCUT2D eigenvalue weighted by atomic mass is 10.2. The van der Waals surface area contributed by atoms with Crippen LogP contribution in [0.1, 0.15) is 32.8 Å². The van der Waals surface area contributed by atoms with Gasteiger partial charge in [0.25, 0.3) is 5.91 Å². The monoisotopic (exact) mass is 343 g/mol. The second-order valence-electron chi connectivity index (χ2n) is 5.23. The number of carbonyl (C=O) groups excluding carboxylic acids is 2. The largest absolute Gasteiger partial charge is 0.465 e. The highest BCUT2D eigenvalue weighted by molar-refractivity contribution is 7.21. The van der Waals surface area contributed by atoms with Crippen LogP contribution in [-0.4, -0.2) is 28.8 Å². The van der Waals surface area contributed by atoms with Gasteiger partial charge in [0.2, 0.25) is 0 Å². The molecule has 24 heavy (non-hydrogen) atoms. The number of esters is 1. The molecule has 0 aliphatic rings. The quantitative estimate of drug-likeness (QED) is 0.736. The minimum absolute atomic E-state index is 0.300. The van der Waals surface area contributed by atoms with Gasteiger partial charge in [-0.15, -0.1) is 11.3 Å². The Morgan fingerprint density at radius 3 is 2.79 bits per heavy atom. The number of nitrogens with zero attached hydrogens (tertiary/aromatic N) is 2. The zero-order valence-electron chi connectivity index (χ0n) is 13.6. The van der Waals surface area contributed by atoms with E-state index in [0.717, 1.165) is 15.8 Å². The smallest absolute Gasteiger partial charge is 0.350 e. The number of thiophene rings is 1. The number of fused-ring (bicyclic) bond motifs is 1. The Hall–Kier alpha value is -2.67. The average molecular weight is 343 g/mol. The van der Waals surface area contributed by atoms with Gasteiger partial charge in [0.05, 0.1) is 18.5 Å². The Balaban J connectivity index is 2.05. The molecule has 3 rings (SSSR count). The van der Waals surface area contributed by atoms with Crippen molar-refractivity contribution in [3.8, 4) is 0 Å². The van der Waals surface area contributed by atoms with Gasteiger partial charge >= 0.3 is 5.97 Å². The summed E-state index contributed by atoms with van der Waals surface area (Å²) in [6, 6.07) is 9.26. The van der Waals surface area contributed by atoms with Gasteiger partial charge in [-0.05, 0) is 26.0 Å². The number of hydrogen-bond donors (Lipinski definition) is 1. The van der Waals surface area contributed by atoms with Crippen LogP contribution in [-0.2, 0) is 11.3 Å². The highest BCUT2D eigenvalue weighted by Gasteiger charge is 2.22. The van der Waals surface area contributed by atoms with E-state index in [1.807, 2.05) is 38.1 Å². The number of aryl methyl sites for hydroxylation is 2. The summed E-state index contributed by atoms with van der Waals surface area (Å²) in [4.78, 5) is 25.1. The highest BCUT2D eigenvalue weighted by Crippen LogP contribution is 2.36. The number of hydrogen-bond acceptors (Lipinski definition) is 5. The number of ether oxygens (including phenoxy) is 1. The maximum absolute atomic E-state index is 12.7. The molecule has 1 N–H and O–H groups in total. The van der Waals surface area contributed by atoms with Gasteiger partial charge in [-0.25, -0.2) is 4.79 Å². The van der Waals surface area contributed by atoms with E-state index in [1.54, 1.807) is 10.7 Å². The van der Waals surface area contributed by atoms with Crippen LogP contribution in [0.15, 0.2) is 30.3 Å². The van der Waals surface area contributed by atoms with Crippen LogP contribution >= 0.6 is 11.3 Å². The zero-order chi connectivity index (χ0) is 17.3. The third-order valence-corrected chi connectivity index (χ3v) is 4.79. The normalized spacial score (nSPS) is 10.8. The fourth-order valence-electron chi connectivity index (χ4n) is 2.55. The van der Waals surface area contributed by atoms with Gasteiger partial charge in [0, 0.05) is 16.6 Å². The van der Waals surface area contributed by atoms with Crippen molar-refractivity contribution in [2.24, 2.45) is 0 Å². The van der Waals surface area contributed by atoms with Crippen molar-refractivity contribution in [1.29, 1.82) is 0 Å². The Morgan fingerprint density at radius 1 is 1.33 bits per heavy atom. The molecular formula is C17H17N3O3S. The van der Waals surface area contributed by atoms with E-state index >= 15 is 0 Å². The minimum atomic E-state index is -0.466. The van der Waals surface area contributed by atoms with Gasteiger partial charge in [-0.1, -0.05) is 18.2 Å². The van der Waals surface area contributed by atoms with Gasteiger partial charge in [0.1, 0.15) is 10.6 Å². The Bertz CT molecular complexity index is 926. The number of amides is 1. The van der Waals surface area contributed by atoms with Crippen molar-refractivity contribution in [2.45, 2.75) is 20.4 Å². The molecular weight excluding hydrogens is 326 g/mol. The molecule has 0 aliphatic carbocycles. The standard InChI is InChI=1S/C17H17N3O3S/c1-4-20-12(9-10(2)19-20)16(21)18-14-11-7-5-6-8-13(11)24-15(14)17(22)23-3/h5-9H,4H2,1-3H3,(H,18,21). The minimum Gasteiger partial charge on any atom is -0.465 e. The maximum Gasteiger partial charge on any atom is 0.350 e. The van der Waals surface area contributed by atoms with Crippen molar-refractivity contribution in [3.63, 3.8) is 0 Å². The number of benzene rings is 1. The molecule has 0 unspecified atom stereocenters. The van der Waals surface area contributed by atoms with Crippen LogP contribution in [0.5, 0.6) is 0 Å². The second-order valence-corrected chi connectivity index (χ2v) is 6.29. The lowest BCUT2D eigenvalue weighted by Gasteiger charge is -2.08. The second kappa shape index (κ2) is 6.45. The van der Waals surface area contributed by atoms with Gasteiger partial charge < -0.3 is 10.1 Å². The Morgan fingerprint density at radius 2 is 2.08 bits per heavy atom. The van der Waals surface area contributed by atoms with Crippen LogP contribution in [0.25, 0.3) is 10.1 Å². The summed E-state index contributed by atoms with van der Waals surface area (Å²) >= 11 is 1.30. The van der Waals surface area contributed by atoms with Crippen molar-refractivity contribution < 1.29 is 14.3 Å². The molecule has 2 aromatic heterocycles. The first-order valence-electron chi connectivity index (χ1n) is 7.50. The van der Waals surface area contributed by atoms with E-state index in [2.05, 4.69) is 10.4 Å². The summed E-state index contributed by atoms with van der Waals surface area (Å²) in [5, 5.41) is 7.96. The molecule has 2 heterocycles. The summed E-state index contributed by atoms with van der Waals surface area (Å²) in [6.45, 7) is 4.34. The molecule has 1 aromatic carbocycles. The van der Waals surface area contributed by atoms with E-state index in [0.29, 0.717) is 22.8 Å². The molecule has 7 heteroatoms. The number of carbonyl (C=O) groups is 2. The van der Waals surface area contributed by atoms with Crippen LogP contribution in [0.2, 0.25) is 0 Å². The van der Waals surface area contributed by atoms with Gasteiger partial charge in [-0.2, -0.15) is 5.10 Å². The summed E-state index contributed by atoms with van der Waals surface area (Å²) in [6.07, 6.45) is 0. The fraction of sp³-hybridized carbons (Fsp3) is 0.235. The summed E-state index contributed by atoms with van der Waals surface area (Å²) in [7, 11) is 1.33. The van der Waals surface area contributed by atoms with Crippen LogP contribution in [0, 0.1) is 6.92 Å². The third-order valence-electron chi connectivity index (χ3n) is 3.64. The summed E-state index contributed by atoms with van der Waals surface area (Å²) < 4.78 is 7.39. The number of anilines is 1. The first-order chi connectivity index (χ1) is 11.5. The average Bonchev–Trinajstić information content (AvgIpc) is 3.15. The van der Waals surface area contributed by atoms with Crippen LogP contribution in [0.3, 0.4) is 0 Å². The Labute approximate surface area is 143 Å². The number of methoxy groups -OCH3 is 1.